The molecule has 0 saturated carbocycles. The number of Topliss-reactive ketones (excluding diaryl/α,β-unsaturated/α-hetero) is 1. The van der Waals surface area contributed by atoms with Crippen LogP contribution in [0.1, 0.15) is 31.1 Å². The molecule has 1 aromatic rings. The van der Waals surface area contributed by atoms with Gasteiger partial charge in [-0.15, -0.1) is 11.3 Å². The molecule has 0 saturated heterocycles. The lowest BCUT2D eigenvalue weighted by Gasteiger charge is -2.15. The summed E-state index contributed by atoms with van der Waals surface area (Å²) in [6.45, 7) is 5.79. The molecule has 0 fully saturated rings. The minimum Gasteiger partial charge on any atom is -0.294 e. The monoisotopic (exact) mass is 246 g/mol. The predicted octanol–water partition coefficient (Wildman–Crippen LogP) is 3.74. The number of halogens is 1. The SMILES string of the molecule is CC(C)(C)C(=O)c1ccsc1Br. The van der Waals surface area contributed by atoms with Crippen LogP contribution in [0, 0.1) is 5.41 Å². The molecule has 0 atom stereocenters. The minimum absolute atomic E-state index is 0.190. The molecule has 0 aliphatic heterocycles. The Morgan fingerprint density at radius 1 is 1.50 bits per heavy atom. The fourth-order valence-electron chi connectivity index (χ4n) is 0.860. The van der Waals surface area contributed by atoms with Gasteiger partial charge in [0.25, 0.3) is 0 Å². The Morgan fingerprint density at radius 2 is 2.08 bits per heavy atom. The van der Waals surface area contributed by atoms with Crippen molar-refractivity contribution in [3.05, 3.63) is 20.8 Å². The zero-order valence-corrected chi connectivity index (χ0v) is 9.75. The number of hydrogen-bond donors (Lipinski definition) is 0. The van der Waals surface area contributed by atoms with Gasteiger partial charge in [0.15, 0.2) is 5.78 Å². The Kier molecular flexibility index (Phi) is 2.74. The van der Waals surface area contributed by atoms with Crippen LogP contribution in [0.5, 0.6) is 0 Å². The third kappa shape index (κ3) is 1.96. The lowest BCUT2D eigenvalue weighted by atomic mass is 9.88. The van der Waals surface area contributed by atoms with Crippen LogP contribution in [0.25, 0.3) is 0 Å². The van der Waals surface area contributed by atoms with Gasteiger partial charge in [0.05, 0.1) is 3.79 Å². The van der Waals surface area contributed by atoms with Crippen LogP contribution in [0.15, 0.2) is 15.2 Å². The molecule has 1 heterocycles. The van der Waals surface area contributed by atoms with Crippen molar-refractivity contribution in [1.29, 1.82) is 0 Å². The minimum atomic E-state index is -0.288. The van der Waals surface area contributed by atoms with E-state index in [9.17, 15) is 4.79 Å². The lowest BCUT2D eigenvalue weighted by Crippen LogP contribution is -2.19. The number of rotatable bonds is 1. The number of hydrogen-bond acceptors (Lipinski definition) is 2. The van der Waals surface area contributed by atoms with Gasteiger partial charge in [-0.05, 0) is 27.4 Å². The fourth-order valence-corrected chi connectivity index (χ4v) is 2.11. The molecule has 66 valence electrons. The Hall–Kier alpha value is -0.150. The first kappa shape index (κ1) is 9.93. The summed E-state index contributed by atoms with van der Waals surface area (Å²) in [4.78, 5) is 11.7. The molecule has 0 bridgehead atoms. The van der Waals surface area contributed by atoms with Gasteiger partial charge in [0, 0.05) is 11.0 Å². The molecular formula is C9H11BrOS. The first-order chi connectivity index (χ1) is 5.43. The highest BCUT2D eigenvalue weighted by atomic mass is 79.9. The van der Waals surface area contributed by atoms with Gasteiger partial charge < -0.3 is 0 Å². The van der Waals surface area contributed by atoms with Crippen LogP contribution < -0.4 is 0 Å². The molecule has 0 spiro atoms. The second-order valence-electron chi connectivity index (χ2n) is 3.69. The quantitative estimate of drug-likeness (QED) is 0.691. The van der Waals surface area contributed by atoms with Crippen molar-refractivity contribution in [1.82, 2.24) is 0 Å². The third-order valence-electron chi connectivity index (χ3n) is 1.54. The summed E-state index contributed by atoms with van der Waals surface area (Å²) in [5.74, 6) is 0.190. The number of thiophene rings is 1. The van der Waals surface area contributed by atoms with E-state index in [2.05, 4.69) is 15.9 Å². The molecule has 0 radical (unpaired) electrons. The summed E-state index contributed by atoms with van der Waals surface area (Å²) < 4.78 is 0.933. The van der Waals surface area contributed by atoms with E-state index >= 15 is 0 Å². The molecule has 0 aliphatic carbocycles. The van der Waals surface area contributed by atoms with Gasteiger partial charge >= 0.3 is 0 Å². The summed E-state index contributed by atoms with van der Waals surface area (Å²) in [5, 5.41) is 1.92. The van der Waals surface area contributed by atoms with E-state index in [4.69, 9.17) is 0 Å². The number of carbonyl (C=O) groups excluding carboxylic acids is 1. The maximum absolute atomic E-state index is 11.7. The molecule has 0 unspecified atom stereocenters. The summed E-state index contributed by atoms with van der Waals surface area (Å²) >= 11 is 4.90. The first-order valence-electron chi connectivity index (χ1n) is 3.70. The van der Waals surface area contributed by atoms with Crippen LogP contribution >= 0.6 is 27.3 Å². The topological polar surface area (TPSA) is 17.1 Å². The second kappa shape index (κ2) is 3.30. The van der Waals surface area contributed by atoms with Crippen molar-refractivity contribution >= 4 is 33.0 Å². The summed E-state index contributed by atoms with van der Waals surface area (Å²) in [6.07, 6.45) is 0. The van der Waals surface area contributed by atoms with E-state index < -0.39 is 0 Å². The highest BCUT2D eigenvalue weighted by Gasteiger charge is 2.24. The van der Waals surface area contributed by atoms with Crippen molar-refractivity contribution in [2.24, 2.45) is 5.41 Å². The van der Waals surface area contributed by atoms with E-state index in [1.165, 1.54) is 0 Å². The average molecular weight is 247 g/mol. The van der Waals surface area contributed by atoms with Crippen LogP contribution in [-0.4, -0.2) is 5.78 Å². The van der Waals surface area contributed by atoms with Crippen LogP contribution in [0.3, 0.4) is 0 Å². The molecule has 0 aliphatic rings. The highest BCUT2D eigenvalue weighted by Crippen LogP contribution is 2.29. The average Bonchev–Trinajstić information content (AvgIpc) is 2.31. The zero-order chi connectivity index (χ0) is 9.35. The molecule has 3 heteroatoms. The van der Waals surface area contributed by atoms with Gasteiger partial charge in [-0.3, -0.25) is 4.79 Å². The summed E-state index contributed by atoms with van der Waals surface area (Å²) in [5.41, 5.74) is 0.511. The maximum atomic E-state index is 11.7. The molecule has 0 N–H and O–H groups in total. The maximum Gasteiger partial charge on any atom is 0.170 e. The van der Waals surface area contributed by atoms with Crippen LogP contribution in [-0.2, 0) is 0 Å². The van der Waals surface area contributed by atoms with E-state index in [0.717, 1.165) is 9.35 Å². The molecule has 1 nitrogen and oxygen atoms in total. The van der Waals surface area contributed by atoms with Crippen LogP contribution in [0.2, 0.25) is 0 Å². The van der Waals surface area contributed by atoms with E-state index in [1.54, 1.807) is 11.3 Å². The Bertz CT molecular complexity index is 296. The second-order valence-corrected chi connectivity index (χ2v) is 5.92. The molecule has 12 heavy (non-hydrogen) atoms. The summed E-state index contributed by atoms with van der Waals surface area (Å²) in [7, 11) is 0. The van der Waals surface area contributed by atoms with Crippen molar-refractivity contribution in [2.45, 2.75) is 20.8 Å². The van der Waals surface area contributed by atoms with Crippen molar-refractivity contribution in [3.63, 3.8) is 0 Å². The summed E-state index contributed by atoms with van der Waals surface area (Å²) in [6, 6.07) is 1.86. The third-order valence-corrected chi connectivity index (χ3v) is 3.23. The molecule has 0 amide bonds. The Balaban J connectivity index is 3.01. The lowest BCUT2D eigenvalue weighted by molar-refractivity contribution is 0.0858. The molecule has 0 aromatic carbocycles. The van der Waals surface area contributed by atoms with Gasteiger partial charge in [0.1, 0.15) is 0 Å². The van der Waals surface area contributed by atoms with E-state index in [-0.39, 0.29) is 11.2 Å². The largest absolute Gasteiger partial charge is 0.294 e. The molecule has 1 rings (SSSR count). The van der Waals surface area contributed by atoms with Crippen LogP contribution in [0.4, 0.5) is 0 Å². The van der Waals surface area contributed by atoms with Crippen molar-refractivity contribution < 1.29 is 4.79 Å². The normalized spacial score (nSPS) is 11.7. The van der Waals surface area contributed by atoms with Gasteiger partial charge in [-0.2, -0.15) is 0 Å². The number of carbonyl (C=O) groups is 1. The van der Waals surface area contributed by atoms with Gasteiger partial charge in [0.2, 0.25) is 0 Å². The van der Waals surface area contributed by atoms with Crippen molar-refractivity contribution in [3.8, 4) is 0 Å². The Morgan fingerprint density at radius 3 is 2.42 bits per heavy atom. The number of ketones is 1. The fraction of sp³-hybridized carbons (Fsp3) is 0.444. The first-order valence-corrected chi connectivity index (χ1v) is 5.38. The molecule has 1 aromatic heterocycles. The van der Waals surface area contributed by atoms with E-state index in [1.807, 2.05) is 32.2 Å². The van der Waals surface area contributed by atoms with Gasteiger partial charge in [-0.1, -0.05) is 20.8 Å². The predicted molar refractivity (Wildman–Crippen MR) is 55.8 cm³/mol. The smallest absolute Gasteiger partial charge is 0.170 e. The zero-order valence-electron chi connectivity index (χ0n) is 7.35. The Labute approximate surface area is 84.9 Å². The standard InChI is InChI=1S/C9H11BrOS/c1-9(2,3)7(11)6-4-5-12-8(6)10/h4-5H,1-3H3. The highest BCUT2D eigenvalue weighted by molar-refractivity contribution is 9.11. The van der Waals surface area contributed by atoms with E-state index in [0.29, 0.717) is 0 Å². The van der Waals surface area contributed by atoms with Crippen molar-refractivity contribution in [2.75, 3.05) is 0 Å². The van der Waals surface area contributed by atoms with Gasteiger partial charge in [-0.25, -0.2) is 0 Å². The molecular weight excluding hydrogens is 236 g/mol.